The van der Waals surface area contributed by atoms with Crippen molar-refractivity contribution in [1.82, 2.24) is 0 Å². The Labute approximate surface area is 282 Å². The number of hydrogen-bond donors (Lipinski definition) is 5. The van der Waals surface area contributed by atoms with Gasteiger partial charge in [-0.1, -0.05) is 0 Å². The van der Waals surface area contributed by atoms with Crippen molar-refractivity contribution in [2.24, 2.45) is 0 Å². The molecule has 0 atom stereocenters. The van der Waals surface area contributed by atoms with Crippen molar-refractivity contribution < 1.29 is 142 Å². The zero-order chi connectivity index (χ0) is 32.1. The van der Waals surface area contributed by atoms with Crippen LogP contribution in [-0.2, 0) is 52.0 Å². The van der Waals surface area contributed by atoms with Crippen molar-refractivity contribution in [2.45, 2.75) is 0 Å². The van der Waals surface area contributed by atoms with Gasteiger partial charge in [-0.15, -0.1) is 0 Å². The topological polar surface area (TPSA) is 348 Å². The molecule has 1 heterocycles. The van der Waals surface area contributed by atoms with E-state index in [1.807, 2.05) is 0 Å². The first-order valence-electron chi connectivity index (χ1n) is 9.44. The summed E-state index contributed by atoms with van der Waals surface area (Å²) in [6.45, 7) is 0. The second-order valence-electron chi connectivity index (χ2n) is 7.10. The normalized spacial score (nSPS) is 12.7. The summed E-state index contributed by atoms with van der Waals surface area (Å²) in [7, 11) is -27.5. The molecule has 0 spiro atoms. The molecule has 43 heavy (non-hydrogen) atoms. The van der Waals surface area contributed by atoms with Gasteiger partial charge in [-0.25, -0.2) is 0 Å². The van der Waals surface area contributed by atoms with Crippen molar-refractivity contribution in [2.75, 3.05) is 0 Å². The number of rotatable bonds is 11. The summed E-state index contributed by atoms with van der Waals surface area (Å²) in [4.78, 5) is 13.3. The van der Waals surface area contributed by atoms with E-state index in [0.717, 1.165) is 0 Å². The van der Waals surface area contributed by atoms with E-state index in [1.54, 1.807) is 0 Å². The first-order valence-corrected chi connectivity index (χ1v) is 16.3. The fourth-order valence-corrected chi connectivity index (χ4v) is 4.77. The van der Waals surface area contributed by atoms with Crippen LogP contribution in [0.5, 0.6) is 28.7 Å². The molecule has 0 aliphatic heterocycles. The molecule has 0 unspecified atom stereocenters. The molecular weight excluding hydrogens is 732 g/mol. The van der Waals surface area contributed by atoms with Gasteiger partial charge in [0.25, 0.3) is 0 Å². The molecule has 0 radical (unpaired) electrons. The van der Waals surface area contributed by atoms with Crippen molar-refractivity contribution in [3.63, 3.8) is 0 Å². The van der Waals surface area contributed by atoms with Crippen LogP contribution in [-0.4, -0.2) is 64.9 Å². The summed E-state index contributed by atoms with van der Waals surface area (Å²) in [5.41, 5.74) is -3.85. The van der Waals surface area contributed by atoms with Crippen LogP contribution in [0.4, 0.5) is 0 Å². The molecule has 1 aromatic heterocycles. The number of benzene rings is 2. The predicted molar refractivity (Wildman–Crippen MR) is 129 cm³/mol. The maximum absolute atomic E-state index is 13.3. The van der Waals surface area contributed by atoms with Gasteiger partial charge < -0.3 is 25.3 Å². The first-order chi connectivity index (χ1) is 18.8. The van der Waals surface area contributed by atoms with E-state index in [-0.39, 0.29) is 57.5 Å². The summed E-state index contributed by atoms with van der Waals surface area (Å²) in [6.07, 6.45) is 0. The van der Waals surface area contributed by atoms with Crippen LogP contribution in [0.15, 0.2) is 39.5 Å². The number of fused-ring (bicyclic) bond motifs is 1. The molecule has 0 aliphatic carbocycles. The number of hydrogen-bond acceptors (Lipinski definition) is 17. The van der Waals surface area contributed by atoms with Crippen molar-refractivity contribution in [1.29, 1.82) is 0 Å². The van der Waals surface area contributed by atoms with Crippen LogP contribution < -0.4 is 77.7 Å². The standard InChI is InChI=1S/C15H10O22S5.K/c16-13-12-10(4-7(34-39(20,21)22)5-11(12)36-41(26,27)28)32-14(15(13)37-42(29,30)31)8-2-1-6(33-38(17,18)19)3-9(8)35-40(23,24)25;/h1-5H,(H,17,18,19)(H,20,21,22)(H,23,24,25)(H,26,27,28)(H,29,30,31);/q;+1. The SMILES string of the molecule is O=c1c(OS(=O)(=O)O)c(-c2ccc(OS(=O)(=O)O)cc2OS(=O)(=O)O)oc2cc(OS(=O)(=O)O)cc(OS(=O)(=O)O)c12.[K+]. The minimum absolute atomic E-state index is 0. The van der Waals surface area contributed by atoms with Gasteiger partial charge in [0.15, 0.2) is 23.0 Å². The smallest absolute Gasteiger partial charge is 0.451 e. The van der Waals surface area contributed by atoms with Gasteiger partial charge in [-0.3, -0.25) is 27.6 Å². The van der Waals surface area contributed by atoms with E-state index < -0.39 is 108 Å². The van der Waals surface area contributed by atoms with E-state index in [1.165, 1.54) is 0 Å². The summed E-state index contributed by atoms with van der Waals surface area (Å²) in [5, 5.41) is -1.19. The Kier molecular flexibility index (Phi) is 10.9. The van der Waals surface area contributed by atoms with Gasteiger partial charge in [0.1, 0.15) is 16.7 Å². The van der Waals surface area contributed by atoms with Crippen LogP contribution in [0.25, 0.3) is 22.3 Å². The third kappa shape index (κ3) is 11.1. The Balaban J connectivity index is 0.00000645. The van der Waals surface area contributed by atoms with Crippen LogP contribution in [0.2, 0.25) is 0 Å². The van der Waals surface area contributed by atoms with Gasteiger partial charge in [-0.2, -0.15) is 42.1 Å². The van der Waals surface area contributed by atoms with Gasteiger partial charge in [0, 0.05) is 18.2 Å². The van der Waals surface area contributed by atoms with Gasteiger partial charge in [-0.05, 0) is 12.1 Å². The average molecular weight is 742 g/mol. The molecule has 0 bridgehead atoms. The molecule has 3 aromatic rings. The first kappa shape index (κ1) is 37.0. The zero-order valence-electron chi connectivity index (χ0n) is 20.1. The summed E-state index contributed by atoms with van der Waals surface area (Å²) >= 11 is 0. The summed E-state index contributed by atoms with van der Waals surface area (Å²) in [5.74, 6) is -7.61. The Morgan fingerprint density at radius 3 is 1.49 bits per heavy atom. The van der Waals surface area contributed by atoms with Crippen molar-refractivity contribution in [3.05, 3.63) is 40.6 Å². The van der Waals surface area contributed by atoms with Crippen molar-refractivity contribution >= 4 is 63.0 Å². The second-order valence-corrected chi connectivity index (χ2v) is 12.2. The maximum atomic E-state index is 13.3. The van der Waals surface area contributed by atoms with E-state index in [4.69, 9.17) is 22.6 Å². The fourth-order valence-electron chi connectivity index (χ4n) is 3.00. The Hall–Kier alpha value is -2.16. The maximum Gasteiger partial charge on any atom is 1.00 e. The molecule has 0 saturated heterocycles. The molecule has 0 aliphatic rings. The van der Waals surface area contributed by atoms with E-state index in [9.17, 15) is 51.4 Å². The molecule has 0 saturated carbocycles. The quantitative estimate of drug-likeness (QED) is 0.0934. The molecule has 0 amide bonds. The average Bonchev–Trinajstić information content (AvgIpc) is 2.70. The van der Waals surface area contributed by atoms with Crippen molar-refractivity contribution in [3.8, 4) is 40.1 Å². The largest absolute Gasteiger partial charge is 1.00 e. The van der Waals surface area contributed by atoms with Crippen LogP contribution in [0.1, 0.15) is 0 Å². The van der Waals surface area contributed by atoms with E-state index >= 15 is 0 Å². The fraction of sp³-hybridized carbons (Fsp3) is 0. The van der Waals surface area contributed by atoms with E-state index in [2.05, 4.69) is 20.9 Å². The van der Waals surface area contributed by atoms with Gasteiger partial charge in [0.2, 0.25) is 11.2 Å². The molecule has 28 heteroatoms. The molecule has 0 fully saturated rings. The minimum Gasteiger partial charge on any atom is -0.451 e. The molecule has 232 valence electrons. The van der Waals surface area contributed by atoms with E-state index in [0.29, 0.717) is 24.3 Å². The monoisotopic (exact) mass is 741 g/mol. The Morgan fingerprint density at radius 2 is 1.00 bits per heavy atom. The third-order valence-electron chi connectivity index (χ3n) is 4.07. The zero-order valence-corrected chi connectivity index (χ0v) is 27.3. The third-order valence-corrected chi connectivity index (χ3v) is 6.03. The van der Waals surface area contributed by atoms with Crippen LogP contribution in [0.3, 0.4) is 0 Å². The Morgan fingerprint density at radius 1 is 0.558 bits per heavy atom. The molecule has 22 nitrogen and oxygen atoms in total. The second kappa shape index (κ2) is 12.7. The predicted octanol–water partition coefficient (Wildman–Crippen LogP) is -3.63. The molecule has 5 N–H and O–H groups in total. The molecule has 3 rings (SSSR count). The van der Waals surface area contributed by atoms with Crippen LogP contribution in [0, 0.1) is 0 Å². The van der Waals surface area contributed by atoms with Crippen LogP contribution >= 0.6 is 0 Å². The molecule has 2 aromatic carbocycles. The summed E-state index contributed by atoms with van der Waals surface area (Å²) in [6, 6.07) is 2.11. The van der Waals surface area contributed by atoms with Gasteiger partial charge in [0.05, 0.1) is 5.56 Å². The van der Waals surface area contributed by atoms with Gasteiger partial charge >= 0.3 is 103 Å². The summed E-state index contributed by atoms with van der Waals surface area (Å²) < 4.78 is 184. The molecular formula is C15H10KO22S5+. The Bertz CT molecular complexity index is 2200. The minimum atomic E-state index is -5.71.